The van der Waals surface area contributed by atoms with Crippen LogP contribution in [0, 0.1) is 0 Å². The van der Waals surface area contributed by atoms with Crippen molar-refractivity contribution in [2.45, 2.75) is 6.10 Å². The van der Waals surface area contributed by atoms with Crippen LogP contribution >= 0.6 is 23.2 Å². The fourth-order valence-electron chi connectivity index (χ4n) is 1.04. The first-order chi connectivity index (χ1) is 7.91. The van der Waals surface area contributed by atoms with Crippen molar-refractivity contribution in [2.24, 2.45) is 0 Å². The molecule has 0 aliphatic rings. The van der Waals surface area contributed by atoms with Gasteiger partial charge >= 0.3 is 5.97 Å². The molecule has 0 fully saturated rings. The van der Waals surface area contributed by atoms with Crippen LogP contribution in [0.4, 0.5) is 0 Å². The molecule has 7 heteroatoms. The van der Waals surface area contributed by atoms with E-state index in [4.69, 9.17) is 33.4 Å². The van der Waals surface area contributed by atoms with Gasteiger partial charge < -0.3 is 15.5 Å². The molecule has 0 unspecified atom stereocenters. The lowest BCUT2D eigenvalue weighted by molar-refractivity contribution is -0.146. The molecule has 0 spiro atoms. The summed E-state index contributed by atoms with van der Waals surface area (Å²) in [6.07, 6.45) is -1.66. The summed E-state index contributed by atoms with van der Waals surface area (Å²) in [5.74, 6) is -2.01. The van der Waals surface area contributed by atoms with Crippen LogP contribution in [-0.2, 0) is 4.79 Å². The van der Waals surface area contributed by atoms with Crippen LogP contribution < -0.4 is 5.32 Å². The van der Waals surface area contributed by atoms with Gasteiger partial charge in [-0.05, 0) is 18.2 Å². The highest BCUT2D eigenvalue weighted by molar-refractivity contribution is 6.35. The molecular formula is C10H9Cl2NO4. The number of benzene rings is 1. The summed E-state index contributed by atoms with van der Waals surface area (Å²) >= 11 is 11.5. The normalized spacial score (nSPS) is 11.9. The van der Waals surface area contributed by atoms with Crippen molar-refractivity contribution in [3.05, 3.63) is 33.8 Å². The molecule has 92 valence electrons. The van der Waals surface area contributed by atoms with Gasteiger partial charge in [0.25, 0.3) is 5.91 Å². The van der Waals surface area contributed by atoms with E-state index in [1.807, 2.05) is 0 Å². The zero-order valence-electron chi connectivity index (χ0n) is 8.48. The maximum atomic E-state index is 11.6. The zero-order chi connectivity index (χ0) is 13.0. The van der Waals surface area contributed by atoms with Crippen LogP contribution in [0.5, 0.6) is 0 Å². The molecule has 3 N–H and O–H groups in total. The van der Waals surface area contributed by atoms with Crippen LogP contribution in [0.3, 0.4) is 0 Å². The third-order valence-corrected chi connectivity index (χ3v) is 2.48. The maximum absolute atomic E-state index is 11.6. The number of carbonyl (C=O) groups is 2. The molecule has 5 nitrogen and oxygen atoms in total. The second-order valence-electron chi connectivity index (χ2n) is 3.19. The molecule has 1 aromatic rings. The third-order valence-electron chi connectivity index (χ3n) is 1.91. The average molecular weight is 278 g/mol. The summed E-state index contributed by atoms with van der Waals surface area (Å²) in [5, 5.41) is 20.1. The average Bonchev–Trinajstić information content (AvgIpc) is 2.28. The topological polar surface area (TPSA) is 86.6 Å². The Balaban J connectivity index is 2.70. The Morgan fingerprint density at radius 2 is 2.00 bits per heavy atom. The molecule has 0 radical (unpaired) electrons. The van der Waals surface area contributed by atoms with Gasteiger partial charge in [-0.25, -0.2) is 4.79 Å². The first-order valence-corrected chi connectivity index (χ1v) is 5.31. The first kappa shape index (κ1) is 13.8. The standard InChI is InChI=1S/C10H9Cl2NO4/c11-5-1-2-7(12)6(3-5)9(15)13-4-8(14)10(16)17/h1-3,8,14H,4H2,(H,13,15)(H,16,17)/t8-/m0/s1. The number of nitrogens with one attached hydrogen (secondary N) is 1. The van der Waals surface area contributed by atoms with Gasteiger partial charge in [0.15, 0.2) is 6.10 Å². The van der Waals surface area contributed by atoms with E-state index in [1.54, 1.807) is 0 Å². The second-order valence-corrected chi connectivity index (χ2v) is 4.03. The van der Waals surface area contributed by atoms with E-state index in [2.05, 4.69) is 5.32 Å². The van der Waals surface area contributed by atoms with Gasteiger partial charge in [-0.15, -0.1) is 0 Å². The lowest BCUT2D eigenvalue weighted by Crippen LogP contribution is -2.36. The number of hydrogen-bond acceptors (Lipinski definition) is 3. The van der Waals surface area contributed by atoms with Gasteiger partial charge in [-0.1, -0.05) is 23.2 Å². The first-order valence-electron chi connectivity index (χ1n) is 4.56. The quantitative estimate of drug-likeness (QED) is 0.771. The molecule has 1 atom stereocenters. The number of aliphatic hydroxyl groups excluding tert-OH is 1. The minimum Gasteiger partial charge on any atom is -0.479 e. The molecule has 0 aromatic heterocycles. The minimum absolute atomic E-state index is 0.122. The number of aliphatic hydroxyl groups is 1. The summed E-state index contributed by atoms with van der Waals surface area (Å²) in [5.41, 5.74) is 0.122. The number of rotatable bonds is 4. The van der Waals surface area contributed by atoms with Crippen molar-refractivity contribution in [1.82, 2.24) is 5.32 Å². The fraction of sp³-hybridized carbons (Fsp3) is 0.200. The Kier molecular flexibility index (Phi) is 4.74. The molecule has 0 saturated heterocycles. The Bertz CT molecular complexity index is 450. The monoisotopic (exact) mass is 277 g/mol. The van der Waals surface area contributed by atoms with Crippen LogP contribution in [0.1, 0.15) is 10.4 Å². The number of halogens is 2. The number of aliphatic carboxylic acids is 1. The van der Waals surface area contributed by atoms with E-state index in [0.717, 1.165) is 0 Å². The molecule has 1 aromatic carbocycles. The Hall–Kier alpha value is -1.30. The molecule has 0 aliphatic heterocycles. The smallest absolute Gasteiger partial charge is 0.334 e. The molecule has 1 amide bonds. The second kappa shape index (κ2) is 5.86. The van der Waals surface area contributed by atoms with Gasteiger partial charge in [-0.2, -0.15) is 0 Å². The van der Waals surface area contributed by atoms with E-state index in [0.29, 0.717) is 5.02 Å². The SMILES string of the molecule is O=C(NC[C@H](O)C(=O)O)c1cc(Cl)ccc1Cl. The number of carboxylic acids is 1. The highest BCUT2D eigenvalue weighted by atomic mass is 35.5. The Morgan fingerprint density at radius 1 is 1.35 bits per heavy atom. The number of amides is 1. The van der Waals surface area contributed by atoms with Crippen molar-refractivity contribution >= 4 is 35.1 Å². The molecular weight excluding hydrogens is 269 g/mol. The highest BCUT2D eigenvalue weighted by Crippen LogP contribution is 2.20. The Labute approximate surface area is 107 Å². The van der Waals surface area contributed by atoms with Crippen molar-refractivity contribution < 1.29 is 19.8 Å². The van der Waals surface area contributed by atoms with Gasteiger partial charge in [0.1, 0.15) is 0 Å². The largest absolute Gasteiger partial charge is 0.479 e. The zero-order valence-corrected chi connectivity index (χ0v) is 10.00. The Morgan fingerprint density at radius 3 is 2.59 bits per heavy atom. The van der Waals surface area contributed by atoms with Crippen LogP contribution in [0.25, 0.3) is 0 Å². The maximum Gasteiger partial charge on any atom is 0.334 e. The predicted octanol–water partition coefficient (Wildman–Crippen LogP) is 1.17. The minimum atomic E-state index is -1.66. The molecule has 17 heavy (non-hydrogen) atoms. The van der Waals surface area contributed by atoms with E-state index in [9.17, 15) is 9.59 Å². The molecule has 0 heterocycles. The van der Waals surface area contributed by atoms with E-state index in [1.165, 1.54) is 18.2 Å². The predicted molar refractivity (Wildman–Crippen MR) is 62.4 cm³/mol. The summed E-state index contributed by atoms with van der Waals surface area (Å²) in [6, 6.07) is 4.32. The van der Waals surface area contributed by atoms with Crippen LogP contribution in [0.15, 0.2) is 18.2 Å². The van der Waals surface area contributed by atoms with Crippen molar-refractivity contribution in [3.8, 4) is 0 Å². The van der Waals surface area contributed by atoms with Crippen molar-refractivity contribution in [2.75, 3.05) is 6.54 Å². The summed E-state index contributed by atoms with van der Waals surface area (Å²) in [6.45, 7) is -0.406. The van der Waals surface area contributed by atoms with Gasteiger partial charge in [0.05, 0.1) is 17.1 Å². The molecule has 0 aliphatic carbocycles. The van der Waals surface area contributed by atoms with E-state index >= 15 is 0 Å². The number of hydrogen-bond donors (Lipinski definition) is 3. The number of carboxylic acid groups (broad SMARTS) is 1. The lowest BCUT2D eigenvalue weighted by Gasteiger charge is -2.09. The molecule has 0 bridgehead atoms. The summed E-state index contributed by atoms with van der Waals surface area (Å²) in [7, 11) is 0. The fourth-order valence-corrected chi connectivity index (χ4v) is 1.42. The molecule has 1 rings (SSSR count). The number of carbonyl (C=O) groups excluding carboxylic acids is 1. The summed E-state index contributed by atoms with van der Waals surface area (Å²) in [4.78, 5) is 21.9. The van der Waals surface area contributed by atoms with Crippen molar-refractivity contribution in [1.29, 1.82) is 0 Å². The third kappa shape index (κ3) is 3.89. The molecule has 0 saturated carbocycles. The van der Waals surface area contributed by atoms with Gasteiger partial charge in [-0.3, -0.25) is 4.79 Å². The van der Waals surface area contributed by atoms with E-state index < -0.39 is 24.5 Å². The lowest BCUT2D eigenvalue weighted by atomic mass is 10.2. The highest BCUT2D eigenvalue weighted by Gasteiger charge is 2.16. The van der Waals surface area contributed by atoms with E-state index in [-0.39, 0.29) is 10.6 Å². The van der Waals surface area contributed by atoms with Gasteiger partial charge in [0, 0.05) is 5.02 Å². The van der Waals surface area contributed by atoms with Crippen molar-refractivity contribution in [3.63, 3.8) is 0 Å². The van der Waals surface area contributed by atoms with Crippen LogP contribution in [0.2, 0.25) is 10.0 Å². The van der Waals surface area contributed by atoms with Gasteiger partial charge in [0.2, 0.25) is 0 Å². The summed E-state index contributed by atoms with van der Waals surface area (Å²) < 4.78 is 0. The van der Waals surface area contributed by atoms with Crippen LogP contribution in [-0.4, -0.2) is 34.7 Å².